The van der Waals surface area contributed by atoms with E-state index < -0.39 is 0 Å². The molecule has 2 saturated carbocycles. The number of carbonyl (C=O) groups is 1. The van der Waals surface area contributed by atoms with Gasteiger partial charge in [-0.15, -0.1) is 0 Å². The van der Waals surface area contributed by atoms with E-state index in [1.54, 1.807) is 0 Å². The second kappa shape index (κ2) is 3.21. The Labute approximate surface area is 91.8 Å². The number of nitrogens with two attached hydrogens (primary N) is 1. The van der Waals surface area contributed by atoms with Crippen molar-refractivity contribution in [1.82, 2.24) is 5.32 Å². The highest BCUT2D eigenvalue weighted by Crippen LogP contribution is 2.65. The smallest absolute Gasteiger partial charge is 0.231 e. The highest BCUT2D eigenvalue weighted by atomic mass is 16.1. The first kappa shape index (κ1) is 10.9. The van der Waals surface area contributed by atoms with Crippen LogP contribution in [0.3, 0.4) is 0 Å². The van der Waals surface area contributed by atoms with Crippen LogP contribution in [0.4, 0.5) is 0 Å². The number of nitrogens with one attached hydrogen (secondary N) is 1. The minimum atomic E-state index is -0.251. The van der Waals surface area contributed by atoms with E-state index in [9.17, 15) is 4.79 Å². The summed E-state index contributed by atoms with van der Waals surface area (Å²) in [6.45, 7) is 7.43. The predicted octanol–water partition coefficient (Wildman–Crippen LogP) is 1.28. The lowest BCUT2D eigenvalue weighted by atomic mass is 9.69. The molecule has 0 spiro atoms. The van der Waals surface area contributed by atoms with E-state index >= 15 is 0 Å². The fraction of sp³-hybridized carbons (Fsp3) is 0.917. The molecule has 3 unspecified atom stereocenters. The quantitative estimate of drug-likeness (QED) is 0.737. The first-order valence-electron chi connectivity index (χ1n) is 5.89. The molecule has 2 aliphatic rings. The van der Waals surface area contributed by atoms with Crippen molar-refractivity contribution >= 4 is 5.91 Å². The number of carbonyl (C=O) groups excluding carboxylic acids is 1. The highest BCUT2D eigenvalue weighted by Gasteiger charge is 2.60. The van der Waals surface area contributed by atoms with Crippen LogP contribution in [0, 0.1) is 16.7 Å². The fourth-order valence-corrected chi connectivity index (χ4v) is 3.74. The first-order chi connectivity index (χ1) is 6.88. The van der Waals surface area contributed by atoms with Crippen molar-refractivity contribution in [3.05, 3.63) is 0 Å². The van der Waals surface area contributed by atoms with Crippen LogP contribution < -0.4 is 11.1 Å². The number of rotatable bonds is 3. The van der Waals surface area contributed by atoms with Gasteiger partial charge in [0.1, 0.15) is 0 Å². The highest BCUT2D eigenvalue weighted by molar-refractivity contribution is 5.75. The second-order valence-electron chi connectivity index (χ2n) is 6.01. The van der Waals surface area contributed by atoms with Crippen LogP contribution in [0.25, 0.3) is 0 Å². The third kappa shape index (κ3) is 1.40. The standard InChI is InChI=1S/C12H22N2O/c1-11(2)8-4-5-12(11,3)9(6-8)14-7-10(13)15/h8-9,14H,4-7H2,1-3H3,(H2,13,15). The zero-order chi connectivity index (χ0) is 11.3. The minimum absolute atomic E-state index is 0.251. The summed E-state index contributed by atoms with van der Waals surface area (Å²) in [6.07, 6.45) is 3.83. The topological polar surface area (TPSA) is 55.1 Å². The molecule has 3 atom stereocenters. The molecule has 2 fully saturated rings. The number of hydrogen-bond donors (Lipinski definition) is 2. The Kier molecular flexibility index (Phi) is 2.34. The summed E-state index contributed by atoms with van der Waals surface area (Å²) in [6, 6.07) is 0.471. The largest absolute Gasteiger partial charge is 0.369 e. The Morgan fingerprint density at radius 2 is 2.13 bits per heavy atom. The van der Waals surface area contributed by atoms with Gasteiger partial charge in [0.25, 0.3) is 0 Å². The van der Waals surface area contributed by atoms with E-state index in [2.05, 4.69) is 26.1 Å². The molecule has 2 bridgehead atoms. The summed E-state index contributed by atoms with van der Waals surface area (Å²) >= 11 is 0. The van der Waals surface area contributed by atoms with Gasteiger partial charge in [0.2, 0.25) is 5.91 Å². The van der Waals surface area contributed by atoms with E-state index in [-0.39, 0.29) is 5.91 Å². The molecule has 0 aromatic carbocycles. The lowest BCUT2D eigenvalue weighted by molar-refractivity contribution is -0.117. The van der Waals surface area contributed by atoms with Crippen LogP contribution in [0.15, 0.2) is 0 Å². The molecule has 0 heterocycles. The van der Waals surface area contributed by atoms with Crippen LogP contribution >= 0.6 is 0 Å². The number of amides is 1. The lowest BCUT2D eigenvalue weighted by Crippen LogP contribution is -2.47. The molecule has 3 nitrogen and oxygen atoms in total. The Morgan fingerprint density at radius 3 is 2.53 bits per heavy atom. The normalized spacial score (nSPS) is 42.1. The molecule has 0 radical (unpaired) electrons. The molecular weight excluding hydrogens is 188 g/mol. The van der Waals surface area contributed by atoms with Gasteiger partial charge in [-0.2, -0.15) is 0 Å². The van der Waals surface area contributed by atoms with Gasteiger partial charge in [0.05, 0.1) is 6.54 Å². The Morgan fingerprint density at radius 1 is 1.47 bits per heavy atom. The number of primary amides is 1. The van der Waals surface area contributed by atoms with Crippen LogP contribution in [0.2, 0.25) is 0 Å². The number of fused-ring (bicyclic) bond motifs is 2. The van der Waals surface area contributed by atoms with Crippen LogP contribution in [-0.2, 0) is 4.79 Å². The zero-order valence-corrected chi connectivity index (χ0v) is 9.97. The Balaban J connectivity index is 2.09. The van der Waals surface area contributed by atoms with Crippen molar-refractivity contribution in [2.24, 2.45) is 22.5 Å². The monoisotopic (exact) mass is 210 g/mol. The lowest BCUT2D eigenvalue weighted by Gasteiger charge is -2.39. The van der Waals surface area contributed by atoms with Crippen molar-refractivity contribution in [3.8, 4) is 0 Å². The van der Waals surface area contributed by atoms with Gasteiger partial charge in [-0.3, -0.25) is 4.79 Å². The van der Waals surface area contributed by atoms with Crippen LogP contribution in [0.5, 0.6) is 0 Å². The molecule has 0 aromatic heterocycles. The molecule has 15 heavy (non-hydrogen) atoms. The average molecular weight is 210 g/mol. The van der Waals surface area contributed by atoms with Gasteiger partial charge in [0, 0.05) is 6.04 Å². The van der Waals surface area contributed by atoms with Gasteiger partial charge in [-0.25, -0.2) is 0 Å². The summed E-state index contributed by atoms with van der Waals surface area (Å²) < 4.78 is 0. The molecule has 86 valence electrons. The van der Waals surface area contributed by atoms with E-state index in [0.29, 0.717) is 23.4 Å². The summed E-state index contributed by atoms with van der Waals surface area (Å²) in [5.41, 5.74) is 5.92. The van der Waals surface area contributed by atoms with Crippen molar-refractivity contribution in [1.29, 1.82) is 0 Å². The SMILES string of the molecule is CC1(C)C2CCC1(C)C(NCC(N)=O)C2. The molecule has 2 rings (SSSR count). The molecule has 2 aliphatic carbocycles. The molecule has 3 heteroatoms. The van der Waals surface area contributed by atoms with Crippen LogP contribution in [0.1, 0.15) is 40.0 Å². The summed E-state index contributed by atoms with van der Waals surface area (Å²) in [5.74, 6) is 0.562. The summed E-state index contributed by atoms with van der Waals surface area (Å²) in [7, 11) is 0. The fourth-order valence-electron chi connectivity index (χ4n) is 3.74. The number of hydrogen-bond acceptors (Lipinski definition) is 2. The molecule has 0 saturated heterocycles. The molecule has 0 aliphatic heterocycles. The summed E-state index contributed by atoms with van der Waals surface area (Å²) in [4.78, 5) is 10.8. The van der Waals surface area contributed by atoms with Crippen molar-refractivity contribution in [3.63, 3.8) is 0 Å². The maximum atomic E-state index is 10.8. The second-order valence-corrected chi connectivity index (χ2v) is 6.01. The molecule has 0 aromatic rings. The maximum Gasteiger partial charge on any atom is 0.231 e. The molecule has 3 N–H and O–H groups in total. The molecular formula is C12H22N2O. The van der Waals surface area contributed by atoms with Gasteiger partial charge in [0.15, 0.2) is 0 Å². The van der Waals surface area contributed by atoms with Gasteiger partial charge < -0.3 is 11.1 Å². The predicted molar refractivity (Wildman–Crippen MR) is 60.2 cm³/mol. The first-order valence-corrected chi connectivity index (χ1v) is 5.89. The summed E-state index contributed by atoms with van der Waals surface area (Å²) in [5, 5.41) is 3.33. The van der Waals surface area contributed by atoms with Gasteiger partial charge in [-0.1, -0.05) is 20.8 Å². The Bertz CT molecular complexity index is 287. The average Bonchev–Trinajstić information content (AvgIpc) is 2.46. The van der Waals surface area contributed by atoms with Gasteiger partial charge >= 0.3 is 0 Å². The minimum Gasteiger partial charge on any atom is -0.369 e. The van der Waals surface area contributed by atoms with E-state index in [0.717, 1.165) is 5.92 Å². The maximum absolute atomic E-state index is 10.8. The zero-order valence-electron chi connectivity index (χ0n) is 9.97. The molecule has 1 amide bonds. The van der Waals surface area contributed by atoms with Crippen molar-refractivity contribution < 1.29 is 4.79 Å². The van der Waals surface area contributed by atoms with Crippen molar-refractivity contribution in [2.45, 2.75) is 46.1 Å². The van der Waals surface area contributed by atoms with Crippen LogP contribution in [-0.4, -0.2) is 18.5 Å². The third-order valence-corrected chi connectivity index (χ3v) is 5.32. The van der Waals surface area contributed by atoms with Crippen molar-refractivity contribution in [2.75, 3.05) is 6.54 Å². The van der Waals surface area contributed by atoms with E-state index in [1.165, 1.54) is 19.3 Å². The third-order valence-electron chi connectivity index (χ3n) is 5.32. The van der Waals surface area contributed by atoms with E-state index in [1.807, 2.05) is 0 Å². The van der Waals surface area contributed by atoms with E-state index in [4.69, 9.17) is 5.73 Å². The Hall–Kier alpha value is -0.570. The van der Waals surface area contributed by atoms with Gasteiger partial charge in [-0.05, 0) is 36.0 Å².